The SMILES string of the molecule is CCN(CC)c1ccc(N=Nc2n(C)nc[n+]2C)cc1.[Cl-].[Cl-].[Cl-].[Zn+2]. The van der Waals surface area contributed by atoms with Crippen molar-refractivity contribution in [1.29, 1.82) is 0 Å². The zero-order valence-corrected chi connectivity index (χ0v) is 19.6. The van der Waals surface area contributed by atoms with Crippen molar-refractivity contribution in [3.8, 4) is 0 Å². The molecule has 0 saturated carbocycles. The van der Waals surface area contributed by atoms with Crippen molar-refractivity contribution in [2.45, 2.75) is 13.8 Å². The normalized spacial score (nSPS) is 9.33. The number of nitrogens with zero attached hydrogens (tertiary/aromatic N) is 6. The molecule has 24 heavy (non-hydrogen) atoms. The number of aromatic nitrogens is 3. The average Bonchev–Trinajstić information content (AvgIpc) is 2.78. The minimum atomic E-state index is 0. The molecule has 0 saturated heterocycles. The fraction of sp³-hybridized carbons (Fsp3) is 0.429. The van der Waals surface area contributed by atoms with Crippen molar-refractivity contribution < 1.29 is 61.3 Å². The van der Waals surface area contributed by atoms with Crippen molar-refractivity contribution in [2.75, 3.05) is 18.0 Å². The van der Waals surface area contributed by atoms with Gasteiger partial charge in [-0.15, -0.1) is 4.68 Å². The van der Waals surface area contributed by atoms with Gasteiger partial charge in [0.1, 0.15) is 0 Å². The molecular weight excluding hydrogens is 424 g/mol. The maximum atomic E-state index is 4.25. The van der Waals surface area contributed by atoms with E-state index in [1.807, 2.05) is 30.8 Å². The molecule has 1 heterocycles. The number of aryl methyl sites for hydroxylation is 2. The van der Waals surface area contributed by atoms with Gasteiger partial charge in [0.2, 0.25) is 6.33 Å². The van der Waals surface area contributed by atoms with Gasteiger partial charge in [-0.05, 0) is 43.2 Å². The Morgan fingerprint density at radius 2 is 1.58 bits per heavy atom. The predicted molar refractivity (Wildman–Crippen MR) is 78.6 cm³/mol. The van der Waals surface area contributed by atoms with Crippen LogP contribution in [-0.4, -0.2) is 22.9 Å². The number of benzene rings is 1. The molecule has 0 spiro atoms. The standard InChI is InChI=1S/C14H21N6.3ClH.Zn/c1-5-20(6-2)13-9-7-12(8-10-13)16-17-14-18(3)11-15-19(14)4;;;;/h7-11H,5-6H2,1-4H3;3*1H;/q+1;;;;+2/p-3. The van der Waals surface area contributed by atoms with Crippen LogP contribution in [0.2, 0.25) is 0 Å². The molecule has 2 rings (SSSR count). The first-order valence-electron chi connectivity index (χ1n) is 6.80. The zero-order valence-electron chi connectivity index (χ0n) is 14.3. The zero-order chi connectivity index (χ0) is 14.5. The summed E-state index contributed by atoms with van der Waals surface area (Å²) in [6.45, 7) is 6.31. The molecule has 10 heteroatoms. The van der Waals surface area contributed by atoms with Gasteiger partial charge in [0.25, 0.3) is 0 Å². The predicted octanol–water partition coefficient (Wildman–Crippen LogP) is -6.48. The Balaban J connectivity index is -0.00000110. The van der Waals surface area contributed by atoms with E-state index >= 15 is 0 Å². The molecule has 0 bridgehead atoms. The molecule has 0 fully saturated rings. The molecule has 0 N–H and O–H groups in total. The largest absolute Gasteiger partial charge is 2.00 e. The van der Waals surface area contributed by atoms with Crippen LogP contribution in [0.5, 0.6) is 0 Å². The van der Waals surface area contributed by atoms with E-state index in [1.165, 1.54) is 5.69 Å². The van der Waals surface area contributed by atoms with Crippen LogP contribution in [-0.2, 0) is 33.6 Å². The first kappa shape index (κ1) is 28.1. The summed E-state index contributed by atoms with van der Waals surface area (Å²) in [6, 6.07) is 8.11. The van der Waals surface area contributed by atoms with E-state index in [9.17, 15) is 0 Å². The van der Waals surface area contributed by atoms with Crippen LogP contribution in [0, 0.1) is 0 Å². The minimum absolute atomic E-state index is 0. The van der Waals surface area contributed by atoms with E-state index < -0.39 is 0 Å². The summed E-state index contributed by atoms with van der Waals surface area (Å²) in [5.74, 6) is 0.706. The van der Waals surface area contributed by atoms with E-state index in [2.05, 4.69) is 46.2 Å². The van der Waals surface area contributed by atoms with E-state index in [4.69, 9.17) is 0 Å². The van der Waals surface area contributed by atoms with Gasteiger partial charge in [0.15, 0.2) is 0 Å². The second-order valence-corrected chi connectivity index (χ2v) is 4.55. The van der Waals surface area contributed by atoms with Crippen molar-refractivity contribution in [3.05, 3.63) is 30.6 Å². The molecule has 0 radical (unpaired) electrons. The number of anilines is 1. The summed E-state index contributed by atoms with van der Waals surface area (Å²) < 4.78 is 3.52. The van der Waals surface area contributed by atoms with Crippen LogP contribution in [0.15, 0.2) is 40.8 Å². The quantitative estimate of drug-likeness (QED) is 0.261. The molecule has 1 aromatic carbocycles. The van der Waals surface area contributed by atoms with Gasteiger partial charge in [-0.2, -0.15) is 0 Å². The summed E-state index contributed by atoms with van der Waals surface area (Å²) >= 11 is 0. The summed E-state index contributed by atoms with van der Waals surface area (Å²) in [4.78, 5) is 2.29. The molecule has 2 aromatic rings. The molecule has 0 aliphatic rings. The summed E-state index contributed by atoms with van der Waals surface area (Å²) in [6.07, 6.45) is 1.71. The molecule has 6 nitrogen and oxygen atoms in total. The van der Waals surface area contributed by atoms with Crippen molar-refractivity contribution >= 4 is 17.3 Å². The van der Waals surface area contributed by atoms with Crippen LogP contribution in [0.1, 0.15) is 13.8 Å². The Morgan fingerprint density at radius 1 is 1.04 bits per heavy atom. The fourth-order valence-corrected chi connectivity index (χ4v) is 2.04. The third kappa shape index (κ3) is 7.01. The first-order chi connectivity index (χ1) is 9.65. The number of halogens is 3. The van der Waals surface area contributed by atoms with Crippen LogP contribution < -0.4 is 46.7 Å². The molecule has 0 aliphatic carbocycles. The minimum Gasteiger partial charge on any atom is -1.00 e. The van der Waals surface area contributed by atoms with Crippen LogP contribution in [0.4, 0.5) is 17.3 Å². The Bertz CT molecular complexity index is 580. The molecule has 130 valence electrons. The smallest absolute Gasteiger partial charge is 1.00 e. The van der Waals surface area contributed by atoms with Gasteiger partial charge in [0, 0.05) is 23.9 Å². The van der Waals surface area contributed by atoms with Crippen molar-refractivity contribution in [1.82, 2.24) is 9.78 Å². The summed E-state index contributed by atoms with van der Waals surface area (Å²) in [7, 11) is 3.74. The van der Waals surface area contributed by atoms with Gasteiger partial charge in [-0.1, -0.05) is 5.11 Å². The Morgan fingerprint density at radius 3 is 2.00 bits per heavy atom. The van der Waals surface area contributed by atoms with E-state index in [0.717, 1.165) is 18.8 Å². The molecule has 0 aliphatic heterocycles. The van der Waals surface area contributed by atoms with E-state index in [1.54, 1.807) is 11.0 Å². The second kappa shape index (κ2) is 13.5. The van der Waals surface area contributed by atoms with Gasteiger partial charge < -0.3 is 42.1 Å². The van der Waals surface area contributed by atoms with Gasteiger partial charge in [-0.25, -0.2) is 4.57 Å². The Kier molecular flexibility index (Phi) is 15.8. The second-order valence-electron chi connectivity index (χ2n) is 4.55. The number of hydrogen-bond donors (Lipinski definition) is 0. The van der Waals surface area contributed by atoms with Gasteiger partial charge in [0.05, 0.1) is 19.8 Å². The number of azo groups is 1. The van der Waals surface area contributed by atoms with E-state index in [-0.39, 0.29) is 56.7 Å². The molecule has 0 amide bonds. The van der Waals surface area contributed by atoms with Gasteiger partial charge >= 0.3 is 25.4 Å². The molecule has 0 unspecified atom stereocenters. The molecule has 0 atom stereocenters. The van der Waals surface area contributed by atoms with Crippen LogP contribution >= 0.6 is 0 Å². The van der Waals surface area contributed by atoms with Crippen molar-refractivity contribution in [3.63, 3.8) is 0 Å². The van der Waals surface area contributed by atoms with Gasteiger partial charge in [-0.3, -0.25) is 0 Å². The Hall–Kier alpha value is -0.747. The summed E-state index contributed by atoms with van der Waals surface area (Å²) in [5, 5.41) is 12.6. The van der Waals surface area contributed by atoms with Crippen LogP contribution in [0.3, 0.4) is 0 Å². The molecular formula is C14H21Cl3N6Zn. The topological polar surface area (TPSA) is 49.7 Å². The summed E-state index contributed by atoms with van der Waals surface area (Å²) in [5.41, 5.74) is 2.04. The third-order valence-electron chi connectivity index (χ3n) is 3.24. The average molecular weight is 445 g/mol. The third-order valence-corrected chi connectivity index (χ3v) is 3.24. The monoisotopic (exact) mass is 442 g/mol. The van der Waals surface area contributed by atoms with Crippen molar-refractivity contribution in [2.24, 2.45) is 24.3 Å². The van der Waals surface area contributed by atoms with Crippen LogP contribution in [0.25, 0.3) is 0 Å². The first-order valence-corrected chi connectivity index (χ1v) is 6.80. The Labute approximate surface area is 174 Å². The maximum Gasteiger partial charge on any atom is 2.00 e. The fourth-order valence-electron chi connectivity index (χ4n) is 2.04. The number of rotatable bonds is 5. The maximum absolute atomic E-state index is 4.25. The number of hydrogen-bond acceptors (Lipinski definition) is 4. The molecule has 1 aromatic heterocycles. The van der Waals surface area contributed by atoms with E-state index in [0.29, 0.717) is 5.95 Å².